The highest BCUT2D eigenvalue weighted by Crippen LogP contribution is 2.44. The highest BCUT2D eigenvalue weighted by atomic mass is 79.9. The number of carbonyl (C=O) groups excluding carboxylic acids is 2. The molecule has 1 fully saturated rings. The molecule has 1 aliphatic rings. The summed E-state index contributed by atoms with van der Waals surface area (Å²) in [6.07, 6.45) is 2.00. The molecule has 0 saturated carbocycles. The van der Waals surface area contributed by atoms with Crippen LogP contribution in [0.25, 0.3) is 10.9 Å². The van der Waals surface area contributed by atoms with Gasteiger partial charge in [0.2, 0.25) is 0 Å². The van der Waals surface area contributed by atoms with Crippen molar-refractivity contribution in [2.24, 2.45) is 0 Å². The zero-order valence-corrected chi connectivity index (χ0v) is 22.1. The van der Waals surface area contributed by atoms with Gasteiger partial charge in [-0.15, -0.1) is 0 Å². The van der Waals surface area contributed by atoms with Crippen LogP contribution in [0.1, 0.15) is 73.2 Å². The molecular formula is C26H28BrNO5S. The van der Waals surface area contributed by atoms with Crippen molar-refractivity contribution in [1.29, 1.82) is 0 Å². The van der Waals surface area contributed by atoms with Gasteiger partial charge in [-0.05, 0) is 69.7 Å². The van der Waals surface area contributed by atoms with Crippen molar-refractivity contribution in [3.63, 3.8) is 0 Å². The molecule has 1 aliphatic heterocycles. The lowest BCUT2D eigenvalue weighted by molar-refractivity contribution is 0.0544. The molecule has 34 heavy (non-hydrogen) atoms. The molecule has 0 N–H and O–H groups in total. The van der Waals surface area contributed by atoms with Crippen LogP contribution in [0.4, 0.5) is 4.79 Å². The number of ketones is 1. The number of sulfone groups is 1. The van der Waals surface area contributed by atoms with Gasteiger partial charge in [-0.1, -0.05) is 46.3 Å². The van der Waals surface area contributed by atoms with Crippen LogP contribution in [0.15, 0.2) is 53.1 Å². The Morgan fingerprint density at radius 2 is 1.79 bits per heavy atom. The van der Waals surface area contributed by atoms with Crippen molar-refractivity contribution in [2.75, 3.05) is 5.75 Å². The molecule has 2 unspecified atom stereocenters. The van der Waals surface area contributed by atoms with Crippen LogP contribution in [0, 0.1) is 0 Å². The van der Waals surface area contributed by atoms with E-state index in [1.165, 1.54) is 11.5 Å². The third-order valence-electron chi connectivity index (χ3n) is 6.16. The number of Topliss-reactive ketones (excluding diaryl/α,β-unsaturated/α-hetero) is 1. The second-order valence-corrected chi connectivity index (χ2v) is 13.0. The summed E-state index contributed by atoms with van der Waals surface area (Å²) in [5.41, 5.74) is 1.81. The molecular weight excluding hydrogens is 518 g/mol. The third kappa shape index (κ3) is 4.84. The number of nitrogens with zero attached hydrogens (tertiary/aromatic N) is 1. The summed E-state index contributed by atoms with van der Waals surface area (Å²) in [7, 11) is -3.30. The molecule has 0 spiro atoms. The Labute approximate surface area is 208 Å². The number of aromatic nitrogens is 1. The maximum Gasteiger partial charge on any atom is 0.419 e. The Morgan fingerprint density at radius 3 is 2.41 bits per heavy atom. The predicted molar refractivity (Wildman–Crippen MR) is 136 cm³/mol. The number of ether oxygens (including phenoxy) is 1. The minimum Gasteiger partial charge on any atom is -0.443 e. The predicted octanol–water partition coefficient (Wildman–Crippen LogP) is 6.42. The number of halogens is 1. The highest BCUT2D eigenvalue weighted by molar-refractivity contribution is 9.10. The normalized spacial score (nSPS) is 20.3. The van der Waals surface area contributed by atoms with Crippen molar-refractivity contribution < 1.29 is 22.7 Å². The molecule has 8 heteroatoms. The minimum atomic E-state index is -3.30. The lowest BCUT2D eigenvalue weighted by Gasteiger charge is -2.29. The summed E-state index contributed by atoms with van der Waals surface area (Å²) < 4.78 is 33.7. The number of fused-ring (bicyclic) bond motifs is 1. The van der Waals surface area contributed by atoms with E-state index >= 15 is 0 Å². The molecule has 0 amide bonds. The highest BCUT2D eigenvalue weighted by Gasteiger charge is 2.37. The summed E-state index contributed by atoms with van der Waals surface area (Å²) in [5.74, 6) is -0.215. The topological polar surface area (TPSA) is 82.4 Å². The van der Waals surface area contributed by atoms with Gasteiger partial charge in [-0.2, -0.15) is 0 Å². The van der Waals surface area contributed by atoms with Crippen molar-refractivity contribution in [3.8, 4) is 0 Å². The van der Waals surface area contributed by atoms with Crippen LogP contribution in [0.3, 0.4) is 0 Å². The van der Waals surface area contributed by atoms with Crippen LogP contribution < -0.4 is 0 Å². The number of hydrogen-bond donors (Lipinski definition) is 0. The SMILES string of the molecule is CC(=O)c1cc(Br)cc2c(C3CCS(=O)(=O)C(c4ccccc4)C3)cn(C(=O)OC(C)(C)C)c12. The summed E-state index contributed by atoms with van der Waals surface area (Å²) >= 11 is 3.50. The molecule has 1 aromatic heterocycles. The van der Waals surface area contributed by atoms with E-state index in [1.54, 1.807) is 33.0 Å². The molecule has 2 atom stereocenters. The maximum absolute atomic E-state index is 13.1. The van der Waals surface area contributed by atoms with Gasteiger partial charge in [0, 0.05) is 21.6 Å². The van der Waals surface area contributed by atoms with Crippen LogP contribution in [0.5, 0.6) is 0 Å². The van der Waals surface area contributed by atoms with Crippen LogP contribution in [-0.4, -0.2) is 36.2 Å². The molecule has 0 aliphatic carbocycles. The zero-order valence-electron chi connectivity index (χ0n) is 19.7. The molecule has 0 bridgehead atoms. The van der Waals surface area contributed by atoms with E-state index in [0.717, 1.165) is 21.0 Å². The van der Waals surface area contributed by atoms with Gasteiger partial charge in [-0.3, -0.25) is 9.36 Å². The van der Waals surface area contributed by atoms with Crippen LogP contribution in [-0.2, 0) is 14.6 Å². The van der Waals surface area contributed by atoms with E-state index in [0.29, 0.717) is 23.9 Å². The Morgan fingerprint density at radius 1 is 1.12 bits per heavy atom. The van der Waals surface area contributed by atoms with E-state index in [4.69, 9.17) is 4.74 Å². The lowest BCUT2D eigenvalue weighted by Crippen LogP contribution is -2.27. The molecule has 2 heterocycles. The molecule has 1 saturated heterocycles. The molecule has 6 nitrogen and oxygen atoms in total. The van der Waals surface area contributed by atoms with E-state index < -0.39 is 26.8 Å². The van der Waals surface area contributed by atoms with Gasteiger partial charge in [0.05, 0.1) is 16.5 Å². The van der Waals surface area contributed by atoms with Gasteiger partial charge in [0.25, 0.3) is 0 Å². The van der Waals surface area contributed by atoms with Gasteiger partial charge >= 0.3 is 6.09 Å². The molecule has 2 aromatic carbocycles. The Kier molecular flexibility index (Phi) is 6.50. The molecule has 0 radical (unpaired) electrons. The van der Waals surface area contributed by atoms with Crippen molar-refractivity contribution in [3.05, 3.63) is 69.8 Å². The third-order valence-corrected chi connectivity index (χ3v) is 8.75. The number of hydrogen-bond acceptors (Lipinski definition) is 5. The number of carbonyl (C=O) groups is 2. The summed E-state index contributed by atoms with van der Waals surface area (Å²) in [4.78, 5) is 25.7. The smallest absolute Gasteiger partial charge is 0.419 e. The number of benzene rings is 2. The first-order chi connectivity index (χ1) is 15.9. The van der Waals surface area contributed by atoms with Gasteiger partial charge in [0.1, 0.15) is 5.60 Å². The number of rotatable bonds is 3. The lowest BCUT2D eigenvalue weighted by atomic mass is 9.88. The first-order valence-electron chi connectivity index (χ1n) is 11.2. The summed E-state index contributed by atoms with van der Waals surface area (Å²) in [5, 5.41) is 0.133. The standard InChI is InChI=1S/C26H28BrNO5S/c1-16(29)20-13-19(27)14-21-22(15-28(24(20)21)25(30)33-26(2,3)4)18-10-11-34(31,32)23(12-18)17-8-6-5-7-9-17/h5-9,13-15,18,23H,10-12H2,1-4H3. The van der Waals surface area contributed by atoms with Crippen LogP contribution in [0.2, 0.25) is 0 Å². The van der Waals surface area contributed by atoms with E-state index in [2.05, 4.69) is 15.9 Å². The van der Waals surface area contributed by atoms with E-state index in [9.17, 15) is 18.0 Å². The molecule has 180 valence electrons. The maximum atomic E-state index is 13.1. The Balaban J connectivity index is 1.87. The van der Waals surface area contributed by atoms with E-state index in [-0.39, 0.29) is 17.5 Å². The first-order valence-corrected chi connectivity index (χ1v) is 13.7. The van der Waals surface area contributed by atoms with Crippen molar-refractivity contribution >= 4 is 48.5 Å². The van der Waals surface area contributed by atoms with Gasteiger partial charge < -0.3 is 4.74 Å². The van der Waals surface area contributed by atoms with Crippen molar-refractivity contribution in [2.45, 2.75) is 57.3 Å². The fourth-order valence-corrected chi connectivity index (χ4v) is 7.12. The molecule has 4 rings (SSSR count). The zero-order chi connectivity index (χ0) is 24.8. The Bertz CT molecular complexity index is 1370. The monoisotopic (exact) mass is 545 g/mol. The second kappa shape index (κ2) is 8.96. The average Bonchev–Trinajstić information content (AvgIpc) is 3.12. The van der Waals surface area contributed by atoms with Crippen molar-refractivity contribution in [1.82, 2.24) is 4.57 Å². The summed E-state index contributed by atoms with van der Waals surface area (Å²) in [6.45, 7) is 6.83. The Hall–Kier alpha value is -2.45. The fraction of sp³-hybridized carbons (Fsp3) is 0.385. The van der Waals surface area contributed by atoms with Gasteiger partial charge in [0.15, 0.2) is 15.6 Å². The van der Waals surface area contributed by atoms with Crippen LogP contribution >= 0.6 is 15.9 Å². The van der Waals surface area contributed by atoms with E-state index in [1.807, 2.05) is 36.4 Å². The molecule has 3 aromatic rings. The minimum absolute atomic E-state index is 0.0594. The first kappa shape index (κ1) is 24.7. The summed E-state index contributed by atoms with van der Waals surface area (Å²) in [6, 6.07) is 12.8. The quantitative estimate of drug-likeness (QED) is 0.354. The second-order valence-electron chi connectivity index (χ2n) is 9.83. The average molecular weight is 546 g/mol. The fourth-order valence-electron chi connectivity index (χ4n) is 4.67. The van der Waals surface area contributed by atoms with Gasteiger partial charge in [-0.25, -0.2) is 13.2 Å². The largest absolute Gasteiger partial charge is 0.443 e.